The van der Waals surface area contributed by atoms with E-state index in [4.69, 9.17) is 17.6 Å². The zero-order valence-corrected chi connectivity index (χ0v) is 14.7. The van der Waals surface area contributed by atoms with Crippen LogP contribution in [-0.2, 0) is 11.2 Å². The number of rotatable bonds is 5. The van der Waals surface area contributed by atoms with Crippen molar-refractivity contribution in [1.82, 2.24) is 0 Å². The molecule has 1 fully saturated rings. The minimum absolute atomic E-state index is 0.00416. The average molecular weight is 348 g/mol. The third-order valence-corrected chi connectivity index (χ3v) is 5.39. The highest BCUT2D eigenvalue weighted by molar-refractivity contribution is 5.86. The molecule has 3 rings (SSSR count). The lowest BCUT2D eigenvalue weighted by molar-refractivity contribution is 0.0563. The number of hydrogen-bond donors (Lipinski definition) is 0. The first-order chi connectivity index (χ1) is 12.6. The normalized spacial score (nSPS) is 24.0. The topological polar surface area (TPSA) is 48.2 Å². The smallest absolute Gasteiger partial charge is 0.463 e. The largest absolute Gasteiger partial charge is 0.513 e. The highest BCUT2D eigenvalue weighted by atomic mass is 16.5. The summed E-state index contributed by atoms with van der Waals surface area (Å²) >= 11 is 0. The van der Waals surface area contributed by atoms with Gasteiger partial charge in [0.25, 0.3) is 0 Å². The van der Waals surface area contributed by atoms with Gasteiger partial charge < -0.3 is 9.15 Å². The molecule has 1 aromatic rings. The van der Waals surface area contributed by atoms with Crippen LogP contribution in [0.25, 0.3) is 9.69 Å². The van der Waals surface area contributed by atoms with Gasteiger partial charge in [-0.05, 0) is 49.3 Å². The maximum Gasteiger partial charge on any atom is 0.513 e. The maximum absolute atomic E-state index is 11.6. The van der Waals surface area contributed by atoms with Crippen LogP contribution < -0.4 is 0 Å². The molecule has 5 nitrogen and oxygen atoms in total. The second kappa shape index (κ2) is 7.08. The monoisotopic (exact) mass is 348 g/mol. The van der Waals surface area contributed by atoms with Crippen LogP contribution in [0.5, 0.6) is 0 Å². The Morgan fingerprint density at radius 2 is 2.23 bits per heavy atom. The minimum Gasteiger partial charge on any atom is -0.463 e. The summed E-state index contributed by atoms with van der Waals surface area (Å²) in [6, 6.07) is 3.15. The molecule has 0 amide bonds. The molecule has 132 valence electrons. The number of nitrogens with zero attached hydrogens (tertiary/aromatic N) is 2. The number of carbonyl (C=O) groups excluding carboxylic acids is 1. The molecule has 0 aromatic carbocycles. The van der Waals surface area contributed by atoms with Gasteiger partial charge in [-0.2, -0.15) is 0 Å². The van der Waals surface area contributed by atoms with Crippen LogP contribution in [0.1, 0.15) is 35.6 Å². The van der Waals surface area contributed by atoms with E-state index >= 15 is 0 Å². The fourth-order valence-electron chi connectivity index (χ4n) is 4.16. The van der Waals surface area contributed by atoms with Crippen molar-refractivity contribution in [3.05, 3.63) is 76.5 Å². The molecule has 2 bridgehead atoms. The molecular weight excluding hydrogens is 328 g/mol. The number of allylic oxidation sites excluding steroid dienone is 2. The van der Waals surface area contributed by atoms with E-state index in [0.717, 1.165) is 24.8 Å². The zero-order valence-electron chi connectivity index (χ0n) is 14.7. The van der Waals surface area contributed by atoms with Gasteiger partial charge in [0.05, 0.1) is 7.11 Å². The van der Waals surface area contributed by atoms with Gasteiger partial charge in [-0.15, -0.1) is 5.73 Å². The lowest BCUT2D eigenvalue weighted by Gasteiger charge is -2.28. The molecule has 1 aromatic heterocycles. The van der Waals surface area contributed by atoms with Gasteiger partial charge in [-0.25, -0.2) is 27.6 Å². The van der Waals surface area contributed by atoms with E-state index in [0.29, 0.717) is 17.6 Å². The Labute approximate surface area is 153 Å². The molecule has 0 unspecified atom stereocenters. The van der Waals surface area contributed by atoms with Crippen molar-refractivity contribution in [2.75, 3.05) is 7.11 Å². The number of fused-ring (bicyclic) bond motifs is 2. The van der Waals surface area contributed by atoms with Crippen LogP contribution >= 0.6 is 0 Å². The first kappa shape index (κ1) is 17.8. The highest BCUT2D eigenvalue weighted by Gasteiger charge is 2.55. The van der Waals surface area contributed by atoms with E-state index in [2.05, 4.69) is 32.8 Å². The Hall–Kier alpha value is -3.01. The average Bonchev–Trinajstić information content (AvgIpc) is 3.29. The van der Waals surface area contributed by atoms with Gasteiger partial charge in [0.2, 0.25) is 5.76 Å². The standard InChI is InChI=1S/C21H20N2O3/c1-5-6-17-15-8-7-14(11-15)12-18(17)21(22-2,23-3)13-16-9-10-19(26-16)20(24)25-4/h6,9-10,12,14-15,17H,1,7-8,11,13H2,4H3/t14-,15+,17-/m0/s1. The molecule has 3 atom stereocenters. The fourth-order valence-corrected chi connectivity index (χ4v) is 4.16. The van der Waals surface area contributed by atoms with Crippen LogP contribution in [0, 0.1) is 30.9 Å². The van der Waals surface area contributed by atoms with Crippen molar-refractivity contribution < 1.29 is 13.9 Å². The van der Waals surface area contributed by atoms with Crippen molar-refractivity contribution >= 4 is 5.97 Å². The summed E-state index contributed by atoms with van der Waals surface area (Å²) in [5.74, 6) is 0.789. The molecule has 5 heteroatoms. The third kappa shape index (κ3) is 2.99. The van der Waals surface area contributed by atoms with E-state index in [1.54, 1.807) is 6.07 Å². The van der Waals surface area contributed by atoms with Crippen molar-refractivity contribution in [2.24, 2.45) is 17.8 Å². The molecule has 0 spiro atoms. The summed E-state index contributed by atoms with van der Waals surface area (Å²) in [6.07, 6.45) is 7.38. The molecule has 0 saturated heterocycles. The molecule has 2 aliphatic rings. The number of esters is 1. The van der Waals surface area contributed by atoms with Gasteiger partial charge in [-0.3, -0.25) is 0 Å². The number of ether oxygens (including phenoxy) is 1. The van der Waals surface area contributed by atoms with Gasteiger partial charge in [0, 0.05) is 5.92 Å². The summed E-state index contributed by atoms with van der Waals surface area (Å²) in [4.78, 5) is 19.1. The summed E-state index contributed by atoms with van der Waals surface area (Å²) in [6.45, 7) is 19.3. The van der Waals surface area contributed by atoms with Gasteiger partial charge in [0.1, 0.15) is 11.3 Å². The zero-order chi connectivity index (χ0) is 18.7. The van der Waals surface area contributed by atoms with Crippen molar-refractivity contribution in [1.29, 1.82) is 0 Å². The van der Waals surface area contributed by atoms with Crippen LogP contribution in [0.15, 0.2) is 46.6 Å². The molecule has 0 N–H and O–H groups in total. The SMILES string of the molecule is [C-]#[N+]C(Cc1ccc(C(=O)OC)o1)([N+]#[C-])C1=C[C@H]2CC[C@H](C2)[C@@H]1C=C=C. The molecule has 0 aliphatic heterocycles. The molecule has 1 heterocycles. The van der Waals surface area contributed by atoms with Crippen molar-refractivity contribution in [2.45, 2.75) is 31.3 Å². The van der Waals surface area contributed by atoms with E-state index in [9.17, 15) is 4.79 Å². The van der Waals surface area contributed by atoms with Crippen molar-refractivity contribution in [3.8, 4) is 0 Å². The second-order valence-electron chi connectivity index (χ2n) is 6.83. The van der Waals surface area contributed by atoms with E-state index in [1.807, 2.05) is 6.08 Å². The molecule has 1 saturated carbocycles. The van der Waals surface area contributed by atoms with Crippen LogP contribution in [0.2, 0.25) is 0 Å². The van der Waals surface area contributed by atoms with Crippen molar-refractivity contribution in [3.63, 3.8) is 0 Å². The van der Waals surface area contributed by atoms with Gasteiger partial charge in [-0.1, -0.05) is 12.7 Å². The lowest BCUT2D eigenvalue weighted by atomic mass is 9.73. The van der Waals surface area contributed by atoms with Crippen LogP contribution in [0.3, 0.4) is 0 Å². The van der Waals surface area contributed by atoms with Gasteiger partial charge in [0.15, 0.2) is 6.42 Å². The van der Waals surface area contributed by atoms with Crippen LogP contribution in [0.4, 0.5) is 0 Å². The maximum atomic E-state index is 11.6. The molecule has 26 heavy (non-hydrogen) atoms. The Morgan fingerprint density at radius 3 is 2.88 bits per heavy atom. The predicted molar refractivity (Wildman–Crippen MR) is 95.8 cm³/mol. The quantitative estimate of drug-likeness (QED) is 0.342. The second-order valence-corrected chi connectivity index (χ2v) is 6.83. The Kier molecular flexibility index (Phi) is 4.85. The van der Waals surface area contributed by atoms with E-state index in [-0.39, 0.29) is 18.1 Å². The number of carbonyl (C=O) groups is 1. The first-order valence-electron chi connectivity index (χ1n) is 8.59. The Morgan fingerprint density at radius 1 is 1.46 bits per heavy atom. The minimum atomic E-state index is -1.37. The molecule has 2 aliphatic carbocycles. The lowest BCUT2D eigenvalue weighted by Crippen LogP contribution is -2.34. The van der Waals surface area contributed by atoms with E-state index in [1.165, 1.54) is 13.2 Å². The summed E-state index contributed by atoms with van der Waals surface area (Å²) < 4.78 is 10.2. The fraction of sp³-hybridized carbons (Fsp3) is 0.429. The highest BCUT2D eigenvalue weighted by Crippen LogP contribution is 2.50. The van der Waals surface area contributed by atoms with Crippen LogP contribution in [-0.4, -0.2) is 18.7 Å². The summed E-state index contributed by atoms with van der Waals surface area (Å²) in [5.41, 5.74) is 2.31. The molecular formula is C21H20N2O3. The number of methoxy groups -OCH3 is 1. The summed E-state index contributed by atoms with van der Waals surface area (Å²) in [7, 11) is 1.28. The molecule has 0 radical (unpaired) electrons. The number of furan rings is 1. The third-order valence-electron chi connectivity index (χ3n) is 5.39. The Balaban J connectivity index is 1.98. The van der Waals surface area contributed by atoms with Gasteiger partial charge >= 0.3 is 11.6 Å². The summed E-state index contributed by atoms with van der Waals surface area (Å²) in [5, 5.41) is 0. The Bertz CT molecular complexity index is 860. The number of hydrogen-bond acceptors (Lipinski definition) is 3. The van der Waals surface area contributed by atoms with E-state index < -0.39 is 11.6 Å². The first-order valence-corrected chi connectivity index (χ1v) is 8.59. The predicted octanol–water partition coefficient (Wildman–Crippen LogP) is 4.46.